The second kappa shape index (κ2) is 9.92. The largest absolute Gasteiger partial charge is 0.497 e. The zero-order valence-electron chi connectivity index (χ0n) is 20.3. The maximum absolute atomic E-state index is 5.89. The molecule has 1 aliphatic heterocycles. The van der Waals surface area contributed by atoms with E-state index in [9.17, 15) is 0 Å². The van der Waals surface area contributed by atoms with Gasteiger partial charge in [0.2, 0.25) is 0 Å². The topological polar surface area (TPSA) is 42.3 Å². The number of ether oxygens (including phenoxy) is 1. The van der Waals surface area contributed by atoms with Crippen LogP contribution in [0.4, 0.5) is 0 Å². The van der Waals surface area contributed by atoms with Crippen molar-refractivity contribution in [3.63, 3.8) is 0 Å². The van der Waals surface area contributed by atoms with Gasteiger partial charge in [-0.1, -0.05) is 48.5 Å². The number of methoxy groups -OCH3 is 1. The molecule has 1 fully saturated rings. The summed E-state index contributed by atoms with van der Waals surface area (Å²) >= 11 is 5.89. The average Bonchev–Trinajstić information content (AvgIpc) is 3.36. The van der Waals surface area contributed by atoms with Gasteiger partial charge in [-0.05, 0) is 73.1 Å². The Labute approximate surface area is 212 Å². The van der Waals surface area contributed by atoms with E-state index in [0.29, 0.717) is 6.54 Å². The highest BCUT2D eigenvalue weighted by molar-refractivity contribution is 7.80. The number of aryl methyl sites for hydroxylation is 1. The van der Waals surface area contributed by atoms with Crippen molar-refractivity contribution in [1.29, 1.82) is 0 Å². The van der Waals surface area contributed by atoms with E-state index in [1.54, 1.807) is 7.11 Å². The van der Waals surface area contributed by atoms with Crippen molar-refractivity contribution in [3.05, 3.63) is 119 Å². The molecule has 2 aromatic carbocycles. The standard InChI is InChI=1S/C29H30N4OS/c1-20-17-25(21(2)32(20)18-22-9-5-4-6-10-22)28-27(26-11-7-8-16-30-26)31-29(35)33(28)19-23-12-14-24(34-3)15-13-23/h4-17,27-28H,18-19H2,1-3H3,(H,31,35). The molecular weight excluding hydrogens is 452 g/mol. The minimum Gasteiger partial charge on any atom is -0.497 e. The van der Waals surface area contributed by atoms with Crippen LogP contribution in [0.25, 0.3) is 0 Å². The summed E-state index contributed by atoms with van der Waals surface area (Å²) < 4.78 is 7.74. The Hall–Kier alpha value is -3.64. The number of benzene rings is 2. The first-order chi connectivity index (χ1) is 17.0. The Morgan fingerprint density at radius 3 is 2.31 bits per heavy atom. The molecule has 5 nitrogen and oxygen atoms in total. The second-order valence-electron chi connectivity index (χ2n) is 9.00. The fourth-order valence-electron chi connectivity index (χ4n) is 4.98. The van der Waals surface area contributed by atoms with Crippen LogP contribution >= 0.6 is 12.2 Å². The summed E-state index contributed by atoms with van der Waals surface area (Å²) in [4.78, 5) is 6.99. The van der Waals surface area contributed by atoms with Gasteiger partial charge in [0.1, 0.15) is 5.75 Å². The molecule has 0 aliphatic carbocycles. The number of hydrogen-bond donors (Lipinski definition) is 1. The number of pyridine rings is 1. The lowest BCUT2D eigenvalue weighted by molar-refractivity contribution is 0.309. The van der Waals surface area contributed by atoms with E-state index in [-0.39, 0.29) is 12.1 Å². The van der Waals surface area contributed by atoms with Gasteiger partial charge in [0.05, 0.1) is 24.9 Å². The highest BCUT2D eigenvalue weighted by Gasteiger charge is 2.41. The van der Waals surface area contributed by atoms with Gasteiger partial charge in [-0.15, -0.1) is 0 Å². The molecule has 0 saturated carbocycles. The third kappa shape index (κ3) is 4.66. The number of hydrogen-bond acceptors (Lipinski definition) is 3. The van der Waals surface area contributed by atoms with Crippen LogP contribution in [0.2, 0.25) is 0 Å². The highest BCUT2D eigenvalue weighted by Crippen LogP contribution is 2.41. The molecule has 1 N–H and O–H groups in total. The Kier molecular flexibility index (Phi) is 6.55. The first-order valence-corrected chi connectivity index (χ1v) is 12.3. The molecule has 0 amide bonds. The lowest BCUT2D eigenvalue weighted by atomic mass is 9.96. The summed E-state index contributed by atoms with van der Waals surface area (Å²) in [7, 11) is 1.69. The van der Waals surface area contributed by atoms with Crippen LogP contribution < -0.4 is 10.1 Å². The van der Waals surface area contributed by atoms with Gasteiger partial charge in [0.15, 0.2) is 5.11 Å². The van der Waals surface area contributed by atoms with Gasteiger partial charge in [-0.3, -0.25) is 4.98 Å². The first kappa shape index (κ1) is 23.1. The molecule has 6 heteroatoms. The summed E-state index contributed by atoms with van der Waals surface area (Å²) in [6.45, 7) is 5.94. The van der Waals surface area contributed by atoms with E-state index >= 15 is 0 Å². The monoisotopic (exact) mass is 482 g/mol. The minimum atomic E-state index is -0.0346. The van der Waals surface area contributed by atoms with Gasteiger partial charge in [0, 0.05) is 30.7 Å². The summed E-state index contributed by atoms with van der Waals surface area (Å²) in [6.07, 6.45) is 1.85. The number of thiocarbonyl (C=S) groups is 1. The van der Waals surface area contributed by atoms with Crippen molar-refractivity contribution in [2.45, 2.75) is 39.0 Å². The predicted molar refractivity (Wildman–Crippen MR) is 143 cm³/mol. The normalized spacial score (nSPS) is 17.5. The maximum atomic E-state index is 5.89. The molecule has 2 atom stereocenters. The van der Waals surface area contributed by atoms with Gasteiger partial charge in [0.25, 0.3) is 0 Å². The molecule has 2 aromatic heterocycles. The summed E-state index contributed by atoms with van der Waals surface area (Å²) in [5.41, 5.74) is 7.23. The van der Waals surface area contributed by atoms with E-state index in [0.717, 1.165) is 23.1 Å². The SMILES string of the molecule is COc1ccc(CN2C(=S)NC(c3ccccn3)C2c2cc(C)n(Cc3ccccc3)c2C)cc1. The van der Waals surface area contributed by atoms with Crippen LogP contribution in [-0.2, 0) is 13.1 Å². The molecular formula is C29H30N4OS. The molecule has 5 rings (SSSR count). The summed E-state index contributed by atoms with van der Waals surface area (Å²) in [5.74, 6) is 0.850. The van der Waals surface area contributed by atoms with E-state index in [4.69, 9.17) is 17.0 Å². The molecule has 0 spiro atoms. The first-order valence-electron chi connectivity index (χ1n) is 11.9. The number of nitrogens with zero attached hydrogens (tertiary/aromatic N) is 3. The Morgan fingerprint density at radius 2 is 1.63 bits per heavy atom. The third-order valence-electron chi connectivity index (χ3n) is 6.82. The fourth-order valence-corrected chi connectivity index (χ4v) is 5.28. The zero-order valence-corrected chi connectivity index (χ0v) is 21.1. The fraction of sp³-hybridized carbons (Fsp3) is 0.241. The van der Waals surface area contributed by atoms with Gasteiger partial charge < -0.3 is 19.5 Å². The smallest absolute Gasteiger partial charge is 0.170 e. The molecule has 1 aliphatic rings. The van der Waals surface area contributed by atoms with E-state index in [1.807, 2.05) is 30.5 Å². The number of aromatic nitrogens is 2. The van der Waals surface area contributed by atoms with Crippen LogP contribution in [0.1, 0.15) is 45.9 Å². The second-order valence-corrected chi connectivity index (χ2v) is 9.39. The van der Waals surface area contributed by atoms with Crippen molar-refractivity contribution >= 4 is 17.3 Å². The minimum absolute atomic E-state index is 0.0234. The van der Waals surface area contributed by atoms with Crippen molar-refractivity contribution in [1.82, 2.24) is 19.8 Å². The molecule has 0 radical (unpaired) electrons. The van der Waals surface area contributed by atoms with Crippen LogP contribution in [-0.4, -0.2) is 26.7 Å². The molecule has 4 aromatic rings. The van der Waals surface area contributed by atoms with E-state index < -0.39 is 0 Å². The Morgan fingerprint density at radius 1 is 0.914 bits per heavy atom. The molecule has 1 saturated heterocycles. The summed E-state index contributed by atoms with van der Waals surface area (Å²) in [5, 5.41) is 4.32. The Bertz CT molecular complexity index is 1300. The van der Waals surface area contributed by atoms with Crippen molar-refractivity contribution in [2.75, 3.05) is 7.11 Å². The van der Waals surface area contributed by atoms with Crippen molar-refractivity contribution in [3.8, 4) is 5.75 Å². The molecule has 0 bridgehead atoms. The summed E-state index contributed by atoms with van der Waals surface area (Å²) in [6, 6.07) is 27.2. The maximum Gasteiger partial charge on any atom is 0.170 e. The molecule has 2 unspecified atom stereocenters. The number of rotatable bonds is 7. The van der Waals surface area contributed by atoms with E-state index in [2.05, 4.69) is 88.2 Å². The van der Waals surface area contributed by atoms with Crippen molar-refractivity contribution < 1.29 is 4.74 Å². The Balaban J connectivity index is 1.54. The van der Waals surface area contributed by atoms with Crippen LogP contribution in [0.15, 0.2) is 85.1 Å². The molecule has 178 valence electrons. The predicted octanol–water partition coefficient (Wildman–Crippen LogP) is 5.73. The van der Waals surface area contributed by atoms with Crippen LogP contribution in [0.5, 0.6) is 5.75 Å². The van der Waals surface area contributed by atoms with Crippen molar-refractivity contribution in [2.24, 2.45) is 0 Å². The quantitative estimate of drug-likeness (QED) is 0.341. The van der Waals surface area contributed by atoms with Gasteiger partial charge >= 0.3 is 0 Å². The number of nitrogens with one attached hydrogen (secondary N) is 1. The lowest BCUT2D eigenvalue weighted by Crippen LogP contribution is -2.29. The molecule has 3 heterocycles. The average molecular weight is 483 g/mol. The lowest BCUT2D eigenvalue weighted by Gasteiger charge is -2.28. The molecule has 35 heavy (non-hydrogen) atoms. The van der Waals surface area contributed by atoms with Gasteiger partial charge in [-0.25, -0.2) is 0 Å². The third-order valence-corrected chi connectivity index (χ3v) is 7.18. The van der Waals surface area contributed by atoms with Gasteiger partial charge in [-0.2, -0.15) is 0 Å². The van der Waals surface area contributed by atoms with E-state index in [1.165, 1.54) is 28.1 Å². The zero-order chi connectivity index (χ0) is 24.4. The van der Waals surface area contributed by atoms with Crippen LogP contribution in [0, 0.1) is 13.8 Å². The highest BCUT2D eigenvalue weighted by atomic mass is 32.1. The van der Waals surface area contributed by atoms with Crippen LogP contribution in [0.3, 0.4) is 0 Å².